The predicted molar refractivity (Wildman–Crippen MR) is 68.1 cm³/mol. The molecule has 92 valence electrons. The fraction of sp³-hybridized carbons (Fsp3) is 0.533. The van der Waals surface area contributed by atoms with Gasteiger partial charge in [-0.3, -0.25) is 4.79 Å². The number of aliphatic carboxylic acids is 1. The summed E-state index contributed by atoms with van der Waals surface area (Å²) in [5, 5.41) is 9.42. The third kappa shape index (κ3) is 2.36. The van der Waals surface area contributed by atoms with Crippen molar-refractivity contribution in [2.24, 2.45) is 11.8 Å². The van der Waals surface area contributed by atoms with Gasteiger partial charge in [0.1, 0.15) is 0 Å². The fourth-order valence-electron chi connectivity index (χ4n) is 3.09. The largest absolute Gasteiger partial charge is 0.481 e. The number of carboxylic acids is 1. The molecular weight excluding hydrogens is 212 g/mol. The molecule has 1 aromatic carbocycles. The quantitative estimate of drug-likeness (QED) is 0.866. The number of hydrogen-bond acceptors (Lipinski definition) is 1. The third-order valence-electron chi connectivity index (χ3n) is 3.85. The molecule has 0 heterocycles. The Morgan fingerprint density at radius 3 is 2.71 bits per heavy atom. The molecule has 1 aliphatic carbocycles. The number of benzene rings is 1. The first-order chi connectivity index (χ1) is 8.11. The number of carbonyl (C=O) groups is 1. The lowest BCUT2D eigenvalue weighted by molar-refractivity contribution is -0.144. The topological polar surface area (TPSA) is 37.3 Å². The van der Waals surface area contributed by atoms with Gasteiger partial charge in [0.15, 0.2) is 0 Å². The summed E-state index contributed by atoms with van der Waals surface area (Å²) >= 11 is 0. The van der Waals surface area contributed by atoms with Crippen molar-refractivity contribution in [1.29, 1.82) is 0 Å². The minimum Gasteiger partial charge on any atom is -0.481 e. The molecule has 1 aliphatic rings. The van der Waals surface area contributed by atoms with Crippen LogP contribution in [0, 0.1) is 11.8 Å². The summed E-state index contributed by atoms with van der Waals surface area (Å²) in [4.78, 5) is 11.5. The van der Waals surface area contributed by atoms with Crippen LogP contribution in [0.2, 0.25) is 0 Å². The Morgan fingerprint density at radius 1 is 1.35 bits per heavy atom. The van der Waals surface area contributed by atoms with E-state index in [4.69, 9.17) is 0 Å². The number of rotatable bonds is 3. The van der Waals surface area contributed by atoms with E-state index in [1.54, 1.807) is 0 Å². The van der Waals surface area contributed by atoms with E-state index in [0.717, 1.165) is 19.3 Å². The zero-order chi connectivity index (χ0) is 12.4. The molecule has 0 saturated carbocycles. The molecule has 0 spiro atoms. The first kappa shape index (κ1) is 12.2. The highest BCUT2D eigenvalue weighted by molar-refractivity contribution is 5.72. The van der Waals surface area contributed by atoms with Crippen molar-refractivity contribution in [1.82, 2.24) is 0 Å². The molecule has 2 atom stereocenters. The molecule has 0 radical (unpaired) electrons. The minimum atomic E-state index is -0.651. The van der Waals surface area contributed by atoms with Gasteiger partial charge in [-0.1, -0.05) is 38.1 Å². The van der Waals surface area contributed by atoms with Gasteiger partial charge in [0.05, 0.1) is 5.92 Å². The van der Waals surface area contributed by atoms with E-state index in [1.165, 1.54) is 11.1 Å². The molecule has 1 aromatic rings. The summed E-state index contributed by atoms with van der Waals surface area (Å²) in [6.07, 6.45) is 3.21. The maximum absolute atomic E-state index is 11.5. The van der Waals surface area contributed by atoms with Crippen LogP contribution in [0.25, 0.3) is 0 Å². The molecule has 1 N–H and O–H groups in total. The first-order valence-electron chi connectivity index (χ1n) is 6.42. The Morgan fingerprint density at radius 2 is 2.06 bits per heavy atom. The van der Waals surface area contributed by atoms with Crippen molar-refractivity contribution in [2.75, 3.05) is 0 Å². The van der Waals surface area contributed by atoms with Crippen molar-refractivity contribution in [3.05, 3.63) is 35.4 Å². The second-order valence-corrected chi connectivity index (χ2v) is 5.31. The Hall–Kier alpha value is -1.31. The van der Waals surface area contributed by atoms with Crippen LogP contribution in [-0.2, 0) is 11.2 Å². The van der Waals surface area contributed by atoms with Gasteiger partial charge in [-0.05, 0) is 42.2 Å². The highest BCUT2D eigenvalue weighted by Gasteiger charge is 2.34. The smallest absolute Gasteiger partial charge is 0.307 e. The van der Waals surface area contributed by atoms with Crippen molar-refractivity contribution < 1.29 is 9.90 Å². The summed E-state index contributed by atoms with van der Waals surface area (Å²) in [5.74, 6) is -0.528. The van der Waals surface area contributed by atoms with Gasteiger partial charge in [-0.15, -0.1) is 0 Å². The van der Waals surface area contributed by atoms with Gasteiger partial charge >= 0.3 is 5.97 Å². The lowest BCUT2D eigenvalue weighted by atomic mass is 9.72. The maximum Gasteiger partial charge on any atom is 0.307 e. The fourth-order valence-corrected chi connectivity index (χ4v) is 3.09. The molecule has 0 fully saturated rings. The summed E-state index contributed by atoms with van der Waals surface area (Å²) in [6, 6.07) is 8.32. The second-order valence-electron chi connectivity index (χ2n) is 5.31. The van der Waals surface area contributed by atoms with E-state index < -0.39 is 5.97 Å². The molecule has 0 aromatic heterocycles. The molecule has 0 bridgehead atoms. The van der Waals surface area contributed by atoms with E-state index in [-0.39, 0.29) is 17.8 Å². The van der Waals surface area contributed by atoms with Crippen LogP contribution in [0.4, 0.5) is 0 Å². The van der Waals surface area contributed by atoms with Gasteiger partial charge in [-0.2, -0.15) is 0 Å². The molecule has 0 aliphatic heterocycles. The highest BCUT2D eigenvalue weighted by atomic mass is 16.4. The summed E-state index contributed by atoms with van der Waals surface area (Å²) in [5.41, 5.74) is 2.61. The SMILES string of the molecule is CC(C)C(C(=O)O)C1CCCc2ccccc21. The molecular formula is C15H20O2. The number of aryl methyl sites for hydroxylation is 1. The molecule has 0 saturated heterocycles. The van der Waals surface area contributed by atoms with Crippen molar-refractivity contribution >= 4 is 5.97 Å². The second kappa shape index (κ2) is 4.91. The highest BCUT2D eigenvalue weighted by Crippen LogP contribution is 2.39. The normalized spacial score (nSPS) is 21.0. The zero-order valence-corrected chi connectivity index (χ0v) is 10.5. The molecule has 2 unspecified atom stereocenters. The average Bonchev–Trinajstić information content (AvgIpc) is 2.28. The molecule has 0 amide bonds. The number of carboxylic acid groups (broad SMARTS) is 1. The van der Waals surface area contributed by atoms with Crippen LogP contribution < -0.4 is 0 Å². The van der Waals surface area contributed by atoms with Crippen LogP contribution in [-0.4, -0.2) is 11.1 Å². The molecule has 2 rings (SSSR count). The first-order valence-corrected chi connectivity index (χ1v) is 6.42. The van der Waals surface area contributed by atoms with Crippen LogP contribution in [0.15, 0.2) is 24.3 Å². The molecule has 17 heavy (non-hydrogen) atoms. The third-order valence-corrected chi connectivity index (χ3v) is 3.85. The zero-order valence-electron chi connectivity index (χ0n) is 10.5. The van der Waals surface area contributed by atoms with Gasteiger partial charge < -0.3 is 5.11 Å². The van der Waals surface area contributed by atoms with Crippen molar-refractivity contribution in [3.63, 3.8) is 0 Å². The van der Waals surface area contributed by atoms with Crippen LogP contribution in [0.5, 0.6) is 0 Å². The summed E-state index contributed by atoms with van der Waals surface area (Å²) < 4.78 is 0. The minimum absolute atomic E-state index is 0.184. The van der Waals surface area contributed by atoms with Crippen LogP contribution in [0.1, 0.15) is 43.7 Å². The van der Waals surface area contributed by atoms with Crippen molar-refractivity contribution in [2.45, 2.75) is 39.0 Å². The van der Waals surface area contributed by atoms with Gasteiger partial charge in [-0.25, -0.2) is 0 Å². The predicted octanol–water partition coefficient (Wildman–Crippen LogP) is 3.46. The maximum atomic E-state index is 11.5. The summed E-state index contributed by atoms with van der Waals surface area (Å²) in [7, 11) is 0. The lowest BCUT2D eigenvalue weighted by Crippen LogP contribution is -2.29. The van der Waals surface area contributed by atoms with E-state index in [9.17, 15) is 9.90 Å². The standard InChI is InChI=1S/C15H20O2/c1-10(2)14(15(16)17)13-9-5-7-11-6-3-4-8-12(11)13/h3-4,6,8,10,13-14H,5,7,9H2,1-2H3,(H,16,17). The van der Waals surface area contributed by atoms with Crippen LogP contribution in [0.3, 0.4) is 0 Å². The number of hydrogen-bond donors (Lipinski definition) is 1. The lowest BCUT2D eigenvalue weighted by Gasteiger charge is -2.32. The Kier molecular flexibility index (Phi) is 3.51. The van der Waals surface area contributed by atoms with Gasteiger partial charge in [0, 0.05) is 0 Å². The summed E-state index contributed by atoms with van der Waals surface area (Å²) in [6.45, 7) is 4.02. The Bertz CT molecular complexity index is 409. The Labute approximate surface area is 103 Å². The monoisotopic (exact) mass is 232 g/mol. The van der Waals surface area contributed by atoms with E-state index in [2.05, 4.69) is 12.1 Å². The average molecular weight is 232 g/mol. The van der Waals surface area contributed by atoms with E-state index in [0.29, 0.717) is 0 Å². The molecule has 2 heteroatoms. The van der Waals surface area contributed by atoms with E-state index in [1.807, 2.05) is 26.0 Å². The van der Waals surface area contributed by atoms with Crippen LogP contribution >= 0.6 is 0 Å². The molecule has 2 nitrogen and oxygen atoms in total. The number of fused-ring (bicyclic) bond motifs is 1. The van der Waals surface area contributed by atoms with Gasteiger partial charge in [0.2, 0.25) is 0 Å². The van der Waals surface area contributed by atoms with Crippen molar-refractivity contribution in [3.8, 4) is 0 Å². The Balaban J connectivity index is 2.37. The van der Waals surface area contributed by atoms with Gasteiger partial charge in [0.25, 0.3) is 0 Å². The van der Waals surface area contributed by atoms with E-state index >= 15 is 0 Å².